The normalized spacial score (nSPS) is 18.4. The van der Waals surface area contributed by atoms with Crippen LogP contribution in [0, 0.1) is 6.92 Å². The fraction of sp³-hybridized carbons (Fsp3) is 0.350. The number of aliphatic hydroxyl groups excluding tert-OH is 1. The molecule has 1 saturated heterocycles. The Bertz CT molecular complexity index is 670. The highest BCUT2D eigenvalue weighted by atomic mass is 16.3. The topological polar surface area (TPSA) is 52.6 Å². The molecule has 1 fully saturated rings. The molecule has 0 bridgehead atoms. The van der Waals surface area contributed by atoms with E-state index in [4.69, 9.17) is 0 Å². The van der Waals surface area contributed by atoms with Crippen molar-refractivity contribution in [2.24, 2.45) is 0 Å². The number of urea groups is 1. The Balaban J connectivity index is 1.85. The van der Waals surface area contributed by atoms with E-state index in [-0.39, 0.29) is 24.7 Å². The highest BCUT2D eigenvalue weighted by molar-refractivity contribution is 5.76. The number of hydrogen-bond acceptors (Lipinski definition) is 2. The molecule has 4 heteroatoms. The third kappa shape index (κ3) is 3.60. The lowest BCUT2D eigenvalue weighted by Gasteiger charge is -2.27. The van der Waals surface area contributed by atoms with Gasteiger partial charge in [-0.3, -0.25) is 0 Å². The number of rotatable bonds is 4. The largest absolute Gasteiger partial charge is 0.394 e. The van der Waals surface area contributed by atoms with Crippen molar-refractivity contribution in [2.75, 3.05) is 13.2 Å². The van der Waals surface area contributed by atoms with Crippen molar-refractivity contribution in [1.29, 1.82) is 0 Å². The van der Waals surface area contributed by atoms with Crippen LogP contribution in [0.3, 0.4) is 0 Å². The number of nitrogens with one attached hydrogen (secondary N) is 1. The lowest BCUT2D eigenvalue weighted by Crippen LogP contribution is -2.45. The van der Waals surface area contributed by atoms with Gasteiger partial charge in [-0.2, -0.15) is 0 Å². The monoisotopic (exact) mass is 324 g/mol. The summed E-state index contributed by atoms with van der Waals surface area (Å²) in [5.74, 6) is 0. The van der Waals surface area contributed by atoms with Crippen LogP contribution in [0.1, 0.15) is 35.6 Å². The summed E-state index contributed by atoms with van der Waals surface area (Å²) in [7, 11) is 0. The van der Waals surface area contributed by atoms with E-state index < -0.39 is 0 Å². The summed E-state index contributed by atoms with van der Waals surface area (Å²) in [6.45, 7) is 2.77. The molecule has 126 valence electrons. The number of likely N-dealkylation sites (tertiary alicyclic amines) is 1. The fourth-order valence-corrected chi connectivity index (χ4v) is 3.26. The summed E-state index contributed by atoms with van der Waals surface area (Å²) in [4.78, 5) is 14.5. The molecule has 1 aliphatic heterocycles. The van der Waals surface area contributed by atoms with Crippen molar-refractivity contribution in [1.82, 2.24) is 10.2 Å². The zero-order chi connectivity index (χ0) is 16.9. The molecule has 0 radical (unpaired) electrons. The minimum Gasteiger partial charge on any atom is -0.394 e. The Morgan fingerprint density at radius 2 is 1.83 bits per heavy atom. The van der Waals surface area contributed by atoms with E-state index >= 15 is 0 Å². The Morgan fingerprint density at radius 1 is 1.17 bits per heavy atom. The van der Waals surface area contributed by atoms with E-state index in [1.807, 2.05) is 30.3 Å². The molecule has 2 aromatic rings. The highest BCUT2D eigenvalue weighted by Gasteiger charge is 2.29. The summed E-state index contributed by atoms with van der Waals surface area (Å²) in [6.07, 6.45) is 1.81. The van der Waals surface area contributed by atoms with Crippen LogP contribution in [0.15, 0.2) is 54.6 Å². The van der Waals surface area contributed by atoms with Gasteiger partial charge in [-0.15, -0.1) is 0 Å². The molecule has 2 atom stereocenters. The second-order valence-electron chi connectivity index (χ2n) is 6.38. The van der Waals surface area contributed by atoms with E-state index in [0.29, 0.717) is 6.54 Å². The van der Waals surface area contributed by atoms with Gasteiger partial charge < -0.3 is 15.3 Å². The SMILES string of the molecule is Cc1ccc(C(NC(=O)N2CCCC2CO)c2ccccc2)cc1. The quantitative estimate of drug-likeness (QED) is 0.907. The summed E-state index contributed by atoms with van der Waals surface area (Å²) in [5.41, 5.74) is 3.30. The van der Waals surface area contributed by atoms with Crippen LogP contribution in [0.2, 0.25) is 0 Å². The van der Waals surface area contributed by atoms with E-state index in [9.17, 15) is 9.90 Å². The second kappa shape index (κ2) is 7.49. The number of nitrogens with zero attached hydrogens (tertiary/aromatic N) is 1. The first kappa shape index (κ1) is 16.5. The molecule has 24 heavy (non-hydrogen) atoms. The molecule has 1 aliphatic rings. The number of aliphatic hydroxyl groups is 1. The van der Waals surface area contributed by atoms with Crippen molar-refractivity contribution >= 4 is 6.03 Å². The number of carbonyl (C=O) groups is 1. The van der Waals surface area contributed by atoms with Gasteiger partial charge in [0.1, 0.15) is 0 Å². The zero-order valence-corrected chi connectivity index (χ0v) is 14.0. The molecule has 2 aromatic carbocycles. The maximum absolute atomic E-state index is 12.7. The van der Waals surface area contributed by atoms with E-state index in [2.05, 4.69) is 36.5 Å². The molecule has 0 saturated carbocycles. The van der Waals surface area contributed by atoms with Crippen LogP contribution in [0.5, 0.6) is 0 Å². The predicted molar refractivity (Wildman–Crippen MR) is 94.8 cm³/mol. The summed E-state index contributed by atoms with van der Waals surface area (Å²) < 4.78 is 0. The molecule has 2 N–H and O–H groups in total. The standard InChI is InChI=1S/C20H24N2O2/c1-15-9-11-17(12-10-15)19(16-6-3-2-4-7-16)21-20(24)22-13-5-8-18(22)14-23/h2-4,6-7,9-12,18-19,23H,5,8,13-14H2,1H3,(H,21,24). The summed E-state index contributed by atoms with van der Waals surface area (Å²) >= 11 is 0. The molecular weight excluding hydrogens is 300 g/mol. The third-order valence-electron chi connectivity index (χ3n) is 4.66. The van der Waals surface area contributed by atoms with Crippen LogP contribution in [-0.4, -0.2) is 35.2 Å². The lowest BCUT2D eigenvalue weighted by molar-refractivity contribution is 0.155. The first-order valence-electron chi connectivity index (χ1n) is 8.48. The van der Waals surface area contributed by atoms with Crippen molar-refractivity contribution in [2.45, 2.75) is 31.8 Å². The third-order valence-corrected chi connectivity index (χ3v) is 4.66. The van der Waals surface area contributed by atoms with Crippen LogP contribution < -0.4 is 5.32 Å². The fourth-order valence-electron chi connectivity index (χ4n) is 3.26. The minimum atomic E-state index is -0.195. The van der Waals surface area contributed by atoms with E-state index in [1.165, 1.54) is 5.56 Å². The molecule has 0 aromatic heterocycles. The molecule has 0 aliphatic carbocycles. The van der Waals surface area contributed by atoms with Crippen molar-refractivity contribution < 1.29 is 9.90 Å². The van der Waals surface area contributed by atoms with Crippen LogP contribution in [-0.2, 0) is 0 Å². The van der Waals surface area contributed by atoms with Gasteiger partial charge in [0.25, 0.3) is 0 Å². The van der Waals surface area contributed by atoms with Gasteiger partial charge in [0.2, 0.25) is 0 Å². The molecule has 4 nitrogen and oxygen atoms in total. The summed E-state index contributed by atoms with van der Waals surface area (Å²) in [6, 6.07) is 17.8. The maximum Gasteiger partial charge on any atom is 0.318 e. The number of benzene rings is 2. The minimum absolute atomic E-state index is 0.0218. The van der Waals surface area contributed by atoms with Gasteiger partial charge in [-0.25, -0.2) is 4.79 Å². The van der Waals surface area contributed by atoms with Gasteiger partial charge >= 0.3 is 6.03 Å². The lowest BCUT2D eigenvalue weighted by atomic mass is 9.98. The van der Waals surface area contributed by atoms with Gasteiger partial charge in [-0.05, 0) is 30.9 Å². The van der Waals surface area contributed by atoms with Gasteiger partial charge in [0.05, 0.1) is 18.7 Å². The van der Waals surface area contributed by atoms with Gasteiger partial charge in [-0.1, -0.05) is 60.2 Å². The Kier molecular flexibility index (Phi) is 5.16. The Morgan fingerprint density at radius 3 is 2.50 bits per heavy atom. The first-order valence-corrected chi connectivity index (χ1v) is 8.48. The number of amides is 2. The highest BCUT2D eigenvalue weighted by Crippen LogP contribution is 2.24. The smallest absolute Gasteiger partial charge is 0.318 e. The average Bonchev–Trinajstić information content (AvgIpc) is 3.10. The zero-order valence-electron chi connectivity index (χ0n) is 14.0. The van der Waals surface area contributed by atoms with Crippen LogP contribution in [0.4, 0.5) is 4.79 Å². The van der Waals surface area contributed by atoms with Gasteiger partial charge in [0.15, 0.2) is 0 Å². The van der Waals surface area contributed by atoms with E-state index in [1.54, 1.807) is 4.90 Å². The maximum atomic E-state index is 12.7. The Hall–Kier alpha value is -2.33. The van der Waals surface area contributed by atoms with Gasteiger partial charge in [0, 0.05) is 6.54 Å². The average molecular weight is 324 g/mol. The molecule has 2 amide bonds. The van der Waals surface area contributed by atoms with Crippen LogP contribution in [0.25, 0.3) is 0 Å². The molecular formula is C20H24N2O2. The predicted octanol–water partition coefficient (Wildman–Crippen LogP) is 3.25. The van der Waals surface area contributed by atoms with Crippen LogP contribution >= 0.6 is 0 Å². The number of hydrogen-bond donors (Lipinski definition) is 2. The van der Waals surface area contributed by atoms with Crippen molar-refractivity contribution in [3.8, 4) is 0 Å². The Labute approximate surface area is 143 Å². The van der Waals surface area contributed by atoms with Crippen molar-refractivity contribution in [3.63, 3.8) is 0 Å². The second-order valence-corrected chi connectivity index (χ2v) is 6.38. The number of carbonyl (C=O) groups excluding carboxylic acids is 1. The molecule has 1 heterocycles. The first-order chi connectivity index (χ1) is 11.7. The molecule has 0 spiro atoms. The molecule has 3 rings (SSSR count). The molecule has 2 unspecified atom stereocenters. The van der Waals surface area contributed by atoms with Crippen molar-refractivity contribution in [3.05, 3.63) is 71.3 Å². The number of aryl methyl sites for hydroxylation is 1. The van der Waals surface area contributed by atoms with E-state index in [0.717, 1.165) is 24.0 Å². The summed E-state index contributed by atoms with van der Waals surface area (Å²) in [5, 5.41) is 12.6.